The van der Waals surface area contributed by atoms with Crippen LogP contribution in [0.5, 0.6) is 0 Å². The Morgan fingerprint density at radius 1 is 1.13 bits per heavy atom. The second kappa shape index (κ2) is 7.43. The average Bonchev–Trinajstić information content (AvgIpc) is 2.46. The van der Waals surface area contributed by atoms with Crippen LogP contribution in [0, 0.1) is 0 Å². The molecule has 23 heavy (non-hydrogen) atoms. The highest BCUT2D eigenvalue weighted by atomic mass is 31.2. The quantitative estimate of drug-likeness (QED) is 0.541. The third-order valence-corrected chi connectivity index (χ3v) is 5.57. The van der Waals surface area contributed by atoms with E-state index in [1.54, 1.807) is 19.9 Å². The normalized spacial score (nSPS) is 12.2. The Hall–Kier alpha value is -1.42. The van der Waals surface area contributed by atoms with Crippen molar-refractivity contribution in [1.29, 1.82) is 0 Å². The highest BCUT2D eigenvalue weighted by Crippen LogP contribution is 2.51. The van der Waals surface area contributed by atoms with Crippen molar-refractivity contribution in [1.82, 2.24) is 0 Å². The van der Waals surface area contributed by atoms with E-state index in [-0.39, 0.29) is 19.4 Å². The van der Waals surface area contributed by atoms with Crippen molar-refractivity contribution in [2.24, 2.45) is 0 Å². The Kier molecular flexibility index (Phi) is 5.79. The molecular formula is C17H23O5P. The molecule has 0 aliphatic rings. The number of benzene rings is 1. The summed E-state index contributed by atoms with van der Waals surface area (Å²) in [5.41, 5.74) is 1.76. The van der Waals surface area contributed by atoms with E-state index in [0.717, 1.165) is 10.9 Å². The first kappa shape index (κ1) is 17.9. The number of fused-ring (bicyclic) bond motifs is 1. The minimum Gasteiger partial charge on any atom is -0.423 e. The largest absolute Gasteiger partial charge is 0.423 e. The van der Waals surface area contributed by atoms with Gasteiger partial charge in [-0.15, -0.1) is 0 Å². The van der Waals surface area contributed by atoms with Crippen LogP contribution in [-0.4, -0.2) is 13.2 Å². The van der Waals surface area contributed by atoms with Crippen LogP contribution in [-0.2, 0) is 19.8 Å². The third-order valence-electron chi connectivity index (χ3n) is 3.53. The Bertz CT molecular complexity index is 768. The molecule has 6 heteroatoms. The third kappa shape index (κ3) is 4.31. The predicted octanol–water partition coefficient (Wildman–Crippen LogP) is 4.68. The molecule has 0 aliphatic carbocycles. The van der Waals surface area contributed by atoms with Gasteiger partial charge in [-0.1, -0.05) is 19.9 Å². The van der Waals surface area contributed by atoms with Gasteiger partial charge < -0.3 is 13.5 Å². The van der Waals surface area contributed by atoms with Gasteiger partial charge in [0.15, 0.2) is 0 Å². The number of rotatable bonds is 7. The molecule has 0 N–H and O–H groups in total. The van der Waals surface area contributed by atoms with Crippen LogP contribution in [0.2, 0.25) is 0 Å². The SMILES string of the molecule is CCOP(=O)(Cc1cc(=O)oc2ccc(C(C)C)cc12)OCC. The summed E-state index contributed by atoms with van der Waals surface area (Å²) in [7, 11) is -3.28. The maximum atomic E-state index is 12.8. The second-order valence-corrected chi connectivity index (χ2v) is 7.66. The highest BCUT2D eigenvalue weighted by molar-refractivity contribution is 7.53. The van der Waals surface area contributed by atoms with Gasteiger partial charge in [0, 0.05) is 11.5 Å². The van der Waals surface area contributed by atoms with Gasteiger partial charge in [0.25, 0.3) is 0 Å². The molecule has 2 aromatic rings. The van der Waals surface area contributed by atoms with Gasteiger partial charge >= 0.3 is 13.2 Å². The van der Waals surface area contributed by atoms with E-state index in [9.17, 15) is 9.36 Å². The number of hydrogen-bond donors (Lipinski definition) is 0. The highest BCUT2D eigenvalue weighted by Gasteiger charge is 2.26. The number of hydrogen-bond acceptors (Lipinski definition) is 5. The summed E-state index contributed by atoms with van der Waals surface area (Å²) in [6.45, 7) is 8.28. The molecule has 5 nitrogen and oxygen atoms in total. The molecule has 0 unspecified atom stereocenters. The minimum absolute atomic E-state index is 0.0539. The van der Waals surface area contributed by atoms with E-state index in [1.165, 1.54) is 6.07 Å². The van der Waals surface area contributed by atoms with E-state index in [2.05, 4.69) is 13.8 Å². The zero-order chi connectivity index (χ0) is 17.0. The smallest absolute Gasteiger partial charge is 0.336 e. The maximum Gasteiger partial charge on any atom is 0.336 e. The first-order chi connectivity index (χ1) is 10.9. The van der Waals surface area contributed by atoms with Gasteiger partial charge in [-0.25, -0.2) is 4.79 Å². The molecule has 2 rings (SSSR count). The van der Waals surface area contributed by atoms with Crippen molar-refractivity contribution in [3.8, 4) is 0 Å². The van der Waals surface area contributed by atoms with Crippen LogP contribution in [0.4, 0.5) is 0 Å². The van der Waals surface area contributed by atoms with Gasteiger partial charge in [-0.05, 0) is 43.0 Å². The topological polar surface area (TPSA) is 65.7 Å². The van der Waals surface area contributed by atoms with Gasteiger partial charge in [0.2, 0.25) is 0 Å². The fraction of sp³-hybridized carbons (Fsp3) is 0.471. The lowest BCUT2D eigenvalue weighted by Crippen LogP contribution is -2.04. The first-order valence-electron chi connectivity index (χ1n) is 7.83. The van der Waals surface area contributed by atoms with Gasteiger partial charge in [0.05, 0.1) is 19.4 Å². The molecule has 0 spiro atoms. The Labute approximate surface area is 136 Å². The lowest BCUT2D eigenvalue weighted by Gasteiger charge is -2.18. The Balaban J connectivity index is 2.55. The molecule has 1 aromatic carbocycles. The zero-order valence-corrected chi connectivity index (χ0v) is 14.9. The van der Waals surface area contributed by atoms with E-state index in [0.29, 0.717) is 17.1 Å². The molecule has 0 radical (unpaired) electrons. The molecule has 0 atom stereocenters. The van der Waals surface area contributed by atoms with Gasteiger partial charge in [-0.2, -0.15) is 0 Å². The summed E-state index contributed by atoms with van der Waals surface area (Å²) >= 11 is 0. The molecule has 0 saturated heterocycles. The van der Waals surface area contributed by atoms with Crippen molar-refractivity contribution in [3.05, 3.63) is 45.8 Å². The Morgan fingerprint density at radius 2 is 1.78 bits per heavy atom. The van der Waals surface area contributed by atoms with E-state index in [4.69, 9.17) is 13.5 Å². The lowest BCUT2D eigenvalue weighted by molar-refractivity contribution is 0.219. The summed E-state index contributed by atoms with van der Waals surface area (Å²) in [6, 6.07) is 7.06. The standard InChI is InChI=1S/C17H23O5P/c1-5-20-23(19,21-6-2)11-14-10-17(18)22-16-8-7-13(12(3)4)9-15(14)16/h7-10,12H,5-6,11H2,1-4H3. The van der Waals surface area contributed by atoms with E-state index in [1.807, 2.05) is 12.1 Å². The second-order valence-electron chi connectivity index (χ2n) is 5.61. The summed E-state index contributed by atoms with van der Waals surface area (Å²) in [5.74, 6) is 0.338. The van der Waals surface area contributed by atoms with Crippen molar-refractivity contribution in [3.63, 3.8) is 0 Å². The monoisotopic (exact) mass is 338 g/mol. The fourth-order valence-electron chi connectivity index (χ4n) is 2.47. The molecule has 0 fully saturated rings. The average molecular weight is 338 g/mol. The van der Waals surface area contributed by atoms with Crippen LogP contribution in [0.3, 0.4) is 0 Å². The van der Waals surface area contributed by atoms with Gasteiger partial charge in [0.1, 0.15) is 5.58 Å². The van der Waals surface area contributed by atoms with Crippen LogP contribution in [0.15, 0.2) is 33.5 Å². The summed E-state index contributed by atoms with van der Waals surface area (Å²) in [6.07, 6.45) is 0.0539. The maximum absolute atomic E-state index is 12.8. The van der Waals surface area contributed by atoms with Crippen LogP contribution in [0.1, 0.15) is 44.7 Å². The van der Waals surface area contributed by atoms with Crippen LogP contribution >= 0.6 is 7.60 Å². The molecular weight excluding hydrogens is 315 g/mol. The molecule has 0 aliphatic heterocycles. The van der Waals surface area contributed by atoms with Gasteiger partial charge in [-0.3, -0.25) is 4.57 Å². The molecule has 0 bridgehead atoms. The van der Waals surface area contributed by atoms with Crippen molar-refractivity contribution >= 4 is 18.6 Å². The molecule has 126 valence electrons. The molecule has 0 saturated carbocycles. The molecule has 1 aromatic heterocycles. The summed E-state index contributed by atoms with van der Waals surface area (Å²) in [5, 5.41) is 0.774. The van der Waals surface area contributed by atoms with Crippen LogP contribution < -0.4 is 5.63 Å². The van der Waals surface area contributed by atoms with Crippen molar-refractivity contribution < 1.29 is 18.0 Å². The van der Waals surface area contributed by atoms with E-state index < -0.39 is 13.2 Å². The van der Waals surface area contributed by atoms with Crippen molar-refractivity contribution in [2.45, 2.75) is 39.8 Å². The first-order valence-corrected chi connectivity index (χ1v) is 9.56. The lowest BCUT2D eigenvalue weighted by atomic mass is 10.00. The molecule has 1 heterocycles. The zero-order valence-electron chi connectivity index (χ0n) is 14.0. The molecule has 0 amide bonds. The van der Waals surface area contributed by atoms with E-state index >= 15 is 0 Å². The predicted molar refractivity (Wildman–Crippen MR) is 91.1 cm³/mol. The summed E-state index contributed by atoms with van der Waals surface area (Å²) < 4.78 is 28.7. The fourth-order valence-corrected chi connectivity index (χ4v) is 4.19. The Morgan fingerprint density at radius 3 is 2.35 bits per heavy atom. The van der Waals surface area contributed by atoms with Crippen molar-refractivity contribution in [2.75, 3.05) is 13.2 Å². The summed E-state index contributed by atoms with van der Waals surface area (Å²) in [4.78, 5) is 11.8. The minimum atomic E-state index is -3.28. The van der Waals surface area contributed by atoms with Crippen LogP contribution in [0.25, 0.3) is 11.0 Å².